The van der Waals surface area contributed by atoms with Crippen LogP contribution in [0.1, 0.15) is 37.0 Å². The minimum Gasteiger partial charge on any atom is -0.493 e. The maximum absolute atomic E-state index is 6.49. The Hall–Kier alpha value is -1.75. The molecule has 0 aliphatic rings. The van der Waals surface area contributed by atoms with Crippen molar-refractivity contribution in [3.63, 3.8) is 0 Å². The average molecular weight is 405 g/mol. The summed E-state index contributed by atoms with van der Waals surface area (Å²) in [5, 5.41) is 4.16. The molecule has 0 spiro atoms. The topological polar surface area (TPSA) is 33.7 Å². The van der Waals surface area contributed by atoms with E-state index >= 15 is 0 Å². The number of ether oxygens (including phenoxy) is 2. The average Bonchev–Trinajstić information content (AvgIpc) is 2.70. The highest BCUT2D eigenvalue weighted by atomic mass is 35.5. The van der Waals surface area contributed by atoms with Crippen LogP contribution < -0.4 is 14.8 Å². The van der Waals surface area contributed by atoms with Crippen molar-refractivity contribution in [2.45, 2.75) is 40.3 Å². The molecule has 0 saturated heterocycles. The predicted octanol–water partition coefficient (Wildman–Crippen LogP) is 5.06. The van der Waals surface area contributed by atoms with Crippen molar-refractivity contribution in [1.29, 1.82) is 0 Å². The van der Waals surface area contributed by atoms with Crippen LogP contribution in [0.4, 0.5) is 0 Å². The van der Waals surface area contributed by atoms with Gasteiger partial charge >= 0.3 is 0 Å². The molecule has 5 heteroatoms. The number of nitrogens with one attached hydrogen (secondary N) is 1. The van der Waals surface area contributed by atoms with Crippen LogP contribution in [0.25, 0.3) is 0 Å². The van der Waals surface area contributed by atoms with Crippen LogP contribution in [-0.2, 0) is 13.2 Å². The van der Waals surface area contributed by atoms with Gasteiger partial charge in [0.1, 0.15) is 6.61 Å². The molecule has 0 amide bonds. The van der Waals surface area contributed by atoms with E-state index in [-0.39, 0.29) is 0 Å². The molecular weight excluding hydrogens is 372 g/mol. The fraction of sp³-hybridized carbons (Fsp3) is 0.478. The van der Waals surface area contributed by atoms with Crippen LogP contribution in [0.15, 0.2) is 36.4 Å². The van der Waals surface area contributed by atoms with Gasteiger partial charge in [0.05, 0.1) is 7.11 Å². The van der Waals surface area contributed by atoms with Gasteiger partial charge in [-0.1, -0.05) is 55.3 Å². The second-order valence-corrected chi connectivity index (χ2v) is 7.34. The zero-order chi connectivity index (χ0) is 20.4. The van der Waals surface area contributed by atoms with Crippen molar-refractivity contribution in [1.82, 2.24) is 10.2 Å². The summed E-state index contributed by atoms with van der Waals surface area (Å²) in [6, 6.07) is 12.1. The highest BCUT2D eigenvalue weighted by Gasteiger charge is 2.11. The molecule has 0 aliphatic carbocycles. The first kappa shape index (κ1) is 22.5. The minimum absolute atomic E-state index is 0.483. The molecule has 0 heterocycles. The zero-order valence-corrected chi connectivity index (χ0v) is 18.3. The Kier molecular flexibility index (Phi) is 9.62. The second-order valence-electron chi connectivity index (χ2n) is 6.93. The van der Waals surface area contributed by atoms with Crippen LogP contribution in [0.5, 0.6) is 11.5 Å². The second kappa shape index (κ2) is 11.9. The van der Waals surface area contributed by atoms with Gasteiger partial charge in [0.2, 0.25) is 0 Å². The lowest BCUT2D eigenvalue weighted by atomic mass is 10.1. The van der Waals surface area contributed by atoms with E-state index in [4.69, 9.17) is 21.1 Å². The molecule has 28 heavy (non-hydrogen) atoms. The van der Waals surface area contributed by atoms with E-state index < -0.39 is 0 Å². The fourth-order valence-electron chi connectivity index (χ4n) is 3.14. The van der Waals surface area contributed by atoms with Gasteiger partial charge in [-0.15, -0.1) is 0 Å². The van der Waals surface area contributed by atoms with Gasteiger partial charge in [-0.25, -0.2) is 0 Å². The third-order valence-corrected chi connectivity index (χ3v) is 5.20. The highest BCUT2D eigenvalue weighted by molar-refractivity contribution is 6.31. The third-order valence-electron chi connectivity index (χ3n) is 4.85. The van der Waals surface area contributed by atoms with Crippen LogP contribution in [-0.4, -0.2) is 38.2 Å². The van der Waals surface area contributed by atoms with Crippen LogP contribution in [0.3, 0.4) is 0 Å². The van der Waals surface area contributed by atoms with E-state index in [2.05, 4.69) is 49.2 Å². The quantitative estimate of drug-likeness (QED) is 0.501. The molecular formula is C23H33ClN2O2. The number of benzene rings is 2. The summed E-state index contributed by atoms with van der Waals surface area (Å²) in [6.45, 7) is 11.9. The molecule has 0 fully saturated rings. The number of nitrogens with zero attached hydrogens (tertiary/aromatic N) is 1. The van der Waals surface area contributed by atoms with Gasteiger partial charge in [-0.2, -0.15) is 0 Å². The Labute approximate surface area is 174 Å². The van der Waals surface area contributed by atoms with Crippen molar-refractivity contribution >= 4 is 11.6 Å². The molecule has 0 radical (unpaired) electrons. The van der Waals surface area contributed by atoms with Gasteiger partial charge < -0.3 is 19.7 Å². The van der Waals surface area contributed by atoms with Crippen molar-refractivity contribution in [2.75, 3.05) is 33.3 Å². The number of rotatable bonds is 12. The molecule has 4 nitrogen and oxygen atoms in total. The maximum Gasteiger partial charge on any atom is 0.163 e. The van der Waals surface area contributed by atoms with Gasteiger partial charge in [0.25, 0.3) is 0 Å². The van der Waals surface area contributed by atoms with E-state index in [9.17, 15) is 0 Å². The van der Waals surface area contributed by atoms with Gasteiger partial charge in [-0.05, 0) is 56.7 Å². The number of methoxy groups -OCH3 is 1. The molecule has 1 N–H and O–H groups in total. The van der Waals surface area contributed by atoms with Gasteiger partial charge in [0.15, 0.2) is 11.5 Å². The molecule has 2 aromatic carbocycles. The molecule has 154 valence electrons. The van der Waals surface area contributed by atoms with Crippen LogP contribution in [0, 0.1) is 6.92 Å². The lowest BCUT2D eigenvalue weighted by molar-refractivity contribution is 0.284. The molecule has 0 aliphatic heterocycles. The predicted molar refractivity (Wildman–Crippen MR) is 118 cm³/mol. The first-order valence-electron chi connectivity index (χ1n) is 10.0. The normalized spacial score (nSPS) is 11.1. The Balaban J connectivity index is 1.91. The number of hydrogen-bond acceptors (Lipinski definition) is 4. The first-order chi connectivity index (χ1) is 13.6. The zero-order valence-electron chi connectivity index (χ0n) is 17.6. The van der Waals surface area contributed by atoms with Crippen LogP contribution >= 0.6 is 11.6 Å². The van der Waals surface area contributed by atoms with Crippen LogP contribution in [0.2, 0.25) is 5.02 Å². The summed E-state index contributed by atoms with van der Waals surface area (Å²) in [4.78, 5) is 2.43. The van der Waals surface area contributed by atoms with Gasteiger partial charge in [-0.3, -0.25) is 0 Å². The largest absolute Gasteiger partial charge is 0.493 e. The van der Waals surface area contributed by atoms with E-state index in [1.54, 1.807) is 7.11 Å². The molecule has 0 unspecified atom stereocenters. The Morgan fingerprint density at radius 1 is 1.07 bits per heavy atom. The molecule has 0 bridgehead atoms. The summed E-state index contributed by atoms with van der Waals surface area (Å²) in [7, 11) is 1.66. The SMILES string of the molecule is CCN(CC)CCCNCc1cc(OC)c(OCc2cccc(C)c2)cc1Cl. The lowest BCUT2D eigenvalue weighted by Crippen LogP contribution is -2.27. The van der Waals surface area contributed by atoms with Crippen molar-refractivity contribution in [3.8, 4) is 11.5 Å². The van der Waals surface area contributed by atoms with Gasteiger partial charge in [0, 0.05) is 17.6 Å². The first-order valence-corrected chi connectivity index (χ1v) is 10.4. The number of halogens is 1. The standard InChI is InChI=1S/C23H33ClN2O2/c1-5-26(6-2)12-8-11-25-16-20-14-22(27-4)23(15-21(20)24)28-17-19-10-7-9-18(3)13-19/h7,9-10,13-15,25H,5-6,8,11-12,16-17H2,1-4H3. The molecule has 0 atom stereocenters. The third kappa shape index (κ3) is 7.01. The monoisotopic (exact) mass is 404 g/mol. The van der Waals surface area contributed by atoms with E-state index in [0.29, 0.717) is 29.7 Å². The number of aryl methyl sites for hydroxylation is 1. The Morgan fingerprint density at radius 3 is 2.54 bits per heavy atom. The highest BCUT2D eigenvalue weighted by Crippen LogP contribution is 2.34. The smallest absolute Gasteiger partial charge is 0.163 e. The molecule has 0 aromatic heterocycles. The van der Waals surface area contributed by atoms with E-state index in [1.807, 2.05) is 18.2 Å². The summed E-state index contributed by atoms with van der Waals surface area (Å²) in [5.41, 5.74) is 3.36. The summed E-state index contributed by atoms with van der Waals surface area (Å²) >= 11 is 6.49. The fourth-order valence-corrected chi connectivity index (χ4v) is 3.36. The molecule has 2 rings (SSSR count). The number of hydrogen-bond donors (Lipinski definition) is 1. The molecule has 0 saturated carbocycles. The lowest BCUT2D eigenvalue weighted by Gasteiger charge is -2.18. The van der Waals surface area contributed by atoms with Crippen molar-refractivity contribution in [3.05, 3.63) is 58.1 Å². The Morgan fingerprint density at radius 2 is 1.86 bits per heavy atom. The Bertz CT molecular complexity index is 733. The van der Waals surface area contributed by atoms with E-state index in [1.165, 1.54) is 5.56 Å². The summed E-state index contributed by atoms with van der Waals surface area (Å²) in [6.07, 6.45) is 1.12. The van der Waals surface area contributed by atoms with Crippen molar-refractivity contribution in [2.24, 2.45) is 0 Å². The molecule has 2 aromatic rings. The maximum atomic E-state index is 6.49. The summed E-state index contributed by atoms with van der Waals surface area (Å²) in [5.74, 6) is 1.37. The summed E-state index contributed by atoms with van der Waals surface area (Å²) < 4.78 is 11.5. The van der Waals surface area contributed by atoms with Crippen molar-refractivity contribution < 1.29 is 9.47 Å². The minimum atomic E-state index is 0.483. The van der Waals surface area contributed by atoms with E-state index in [0.717, 1.165) is 43.7 Å².